The lowest BCUT2D eigenvalue weighted by atomic mass is 10.0. The molecule has 0 unspecified atom stereocenters. The summed E-state index contributed by atoms with van der Waals surface area (Å²) in [5.41, 5.74) is -0.0104. The van der Waals surface area contributed by atoms with Crippen molar-refractivity contribution in [2.75, 3.05) is 13.6 Å². The third kappa shape index (κ3) is 3.35. The van der Waals surface area contributed by atoms with E-state index in [9.17, 15) is 14.4 Å². The molecule has 1 saturated heterocycles. The SMILES string of the molecule is CCCn1nc(C(=O)N2CCCC[C@@H]2C(=O)NC)ccc1=O. The number of amides is 2. The highest BCUT2D eigenvalue weighted by molar-refractivity contribution is 5.96. The average Bonchev–Trinajstić information content (AvgIpc) is 2.55. The predicted octanol–water partition coefficient (Wildman–Crippen LogP) is 0.394. The Morgan fingerprint density at radius 2 is 2.14 bits per heavy atom. The number of carbonyl (C=O) groups excluding carboxylic acids is 2. The van der Waals surface area contributed by atoms with Crippen LogP contribution in [0.4, 0.5) is 0 Å². The molecule has 1 N–H and O–H groups in total. The Kier molecular flexibility index (Phi) is 5.30. The first-order chi connectivity index (χ1) is 10.6. The van der Waals surface area contributed by atoms with E-state index in [1.807, 2.05) is 6.92 Å². The number of hydrogen-bond acceptors (Lipinski definition) is 4. The molecule has 0 spiro atoms. The molecule has 22 heavy (non-hydrogen) atoms. The van der Waals surface area contributed by atoms with Gasteiger partial charge in [-0.05, 0) is 31.7 Å². The fraction of sp³-hybridized carbons (Fsp3) is 0.600. The second-order valence-corrected chi connectivity index (χ2v) is 5.40. The van der Waals surface area contributed by atoms with E-state index in [0.29, 0.717) is 19.5 Å². The van der Waals surface area contributed by atoms with Crippen molar-refractivity contribution in [1.82, 2.24) is 20.0 Å². The zero-order chi connectivity index (χ0) is 16.1. The van der Waals surface area contributed by atoms with Gasteiger partial charge in [-0.25, -0.2) is 4.68 Å². The molecule has 7 nitrogen and oxygen atoms in total. The summed E-state index contributed by atoms with van der Waals surface area (Å²) in [5.74, 6) is -0.451. The Hall–Kier alpha value is -2.18. The van der Waals surface area contributed by atoms with Crippen LogP contribution in [0.1, 0.15) is 43.1 Å². The highest BCUT2D eigenvalue weighted by Gasteiger charge is 2.32. The van der Waals surface area contributed by atoms with Crippen molar-refractivity contribution in [3.63, 3.8) is 0 Å². The Morgan fingerprint density at radius 3 is 2.82 bits per heavy atom. The van der Waals surface area contributed by atoms with Crippen LogP contribution in [0.25, 0.3) is 0 Å². The summed E-state index contributed by atoms with van der Waals surface area (Å²) in [7, 11) is 1.57. The molecule has 2 heterocycles. The number of nitrogens with zero attached hydrogens (tertiary/aromatic N) is 3. The fourth-order valence-corrected chi connectivity index (χ4v) is 2.70. The molecule has 1 fully saturated rings. The van der Waals surface area contributed by atoms with Gasteiger partial charge in [0, 0.05) is 26.2 Å². The van der Waals surface area contributed by atoms with Crippen molar-refractivity contribution in [2.24, 2.45) is 0 Å². The van der Waals surface area contributed by atoms with Crippen LogP contribution in [0, 0.1) is 0 Å². The van der Waals surface area contributed by atoms with Gasteiger partial charge < -0.3 is 10.2 Å². The van der Waals surface area contributed by atoms with Crippen LogP contribution in [-0.4, -0.2) is 46.1 Å². The van der Waals surface area contributed by atoms with Gasteiger partial charge >= 0.3 is 0 Å². The van der Waals surface area contributed by atoms with Gasteiger partial charge in [-0.3, -0.25) is 14.4 Å². The highest BCUT2D eigenvalue weighted by atomic mass is 16.2. The Morgan fingerprint density at radius 1 is 1.36 bits per heavy atom. The Balaban J connectivity index is 2.27. The average molecular weight is 306 g/mol. The predicted molar refractivity (Wildman–Crippen MR) is 81.5 cm³/mol. The minimum absolute atomic E-state index is 0.157. The highest BCUT2D eigenvalue weighted by Crippen LogP contribution is 2.19. The third-order valence-corrected chi connectivity index (χ3v) is 3.83. The minimum Gasteiger partial charge on any atom is -0.357 e. The molecule has 1 aromatic heterocycles. The van der Waals surface area contributed by atoms with Gasteiger partial charge in [-0.2, -0.15) is 5.10 Å². The Bertz CT molecular complexity index is 611. The number of piperidine rings is 1. The smallest absolute Gasteiger partial charge is 0.274 e. The number of nitrogens with one attached hydrogen (secondary N) is 1. The lowest BCUT2D eigenvalue weighted by Gasteiger charge is -2.34. The third-order valence-electron chi connectivity index (χ3n) is 3.83. The van der Waals surface area contributed by atoms with E-state index in [2.05, 4.69) is 10.4 Å². The maximum atomic E-state index is 12.7. The van der Waals surface area contributed by atoms with Crippen LogP contribution in [0.2, 0.25) is 0 Å². The molecule has 1 aromatic rings. The number of likely N-dealkylation sites (N-methyl/N-ethyl adjacent to an activating group) is 1. The van der Waals surface area contributed by atoms with Crippen molar-refractivity contribution in [2.45, 2.75) is 45.2 Å². The maximum Gasteiger partial charge on any atom is 0.274 e. The summed E-state index contributed by atoms with van der Waals surface area (Å²) in [6, 6.07) is 2.33. The molecule has 0 aliphatic carbocycles. The summed E-state index contributed by atoms with van der Waals surface area (Å²) in [6.07, 6.45) is 3.20. The second kappa shape index (κ2) is 7.20. The van der Waals surface area contributed by atoms with Crippen LogP contribution >= 0.6 is 0 Å². The molecule has 1 aliphatic rings. The molecule has 1 atom stereocenters. The van der Waals surface area contributed by atoms with Gasteiger partial charge in [0.2, 0.25) is 5.91 Å². The molecule has 0 radical (unpaired) electrons. The van der Waals surface area contributed by atoms with E-state index in [1.54, 1.807) is 11.9 Å². The van der Waals surface area contributed by atoms with Crippen molar-refractivity contribution < 1.29 is 9.59 Å². The number of rotatable bonds is 4. The van der Waals surface area contributed by atoms with E-state index >= 15 is 0 Å². The van der Waals surface area contributed by atoms with Crippen molar-refractivity contribution >= 4 is 11.8 Å². The first kappa shape index (κ1) is 16.2. The van der Waals surface area contributed by atoms with Crippen LogP contribution < -0.4 is 10.9 Å². The van der Waals surface area contributed by atoms with E-state index in [-0.39, 0.29) is 23.1 Å². The van der Waals surface area contributed by atoms with Gasteiger partial charge in [-0.15, -0.1) is 0 Å². The summed E-state index contributed by atoms with van der Waals surface area (Å²) >= 11 is 0. The van der Waals surface area contributed by atoms with Gasteiger partial charge in [0.15, 0.2) is 0 Å². The molecule has 120 valence electrons. The number of likely N-dealkylation sites (tertiary alicyclic amines) is 1. The molecule has 0 bridgehead atoms. The first-order valence-electron chi connectivity index (χ1n) is 7.69. The molecule has 0 aromatic carbocycles. The largest absolute Gasteiger partial charge is 0.357 e. The number of aryl methyl sites for hydroxylation is 1. The van der Waals surface area contributed by atoms with Crippen LogP contribution in [0.5, 0.6) is 0 Å². The minimum atomic E-state index is -0.459. The monoisotopic (exact) mass is 306 g/mol. The fourth-order valence-electron chi connectivity index (χ4n) is 2.70. The molecule has 2 rings (SSSR count). The van der Waals surface area contributed by atoms with Crippen LogP contribution in [0.3, 0.4) is 0 Å². The Labute approximate surface area is 129 Å². The van der Waals surface area contributed by atoms with E-state index in [1.165, 1.54) is 16.8 Å². The molecular formula is C15H22N4O3. The number of aromatic nitrogens is 2. The summed E-state index contributed by atoms with van der Waals surface area (Å²) < 4.78 is 1.30. The number of hydrogen-bond donors (Lipinski definition) is 1. The number of carbonyl (C=O) groups is 2. The summed E-state index contributed by atoms with van der Waals surface area (Å²) in [6.45, 7) is 2.94. The first-order valence-corrected chi connectivity index (χ1v) is 7.69. The van der Waals surface area contributed by atoms with E-state index < -0.39 is 6.04 Å². The standard InChI is InChI=1S/C15H22N4O3/c1-3-9-19-13(20)8-7-11(17-19)15(22)18-10-5-4-6-12(18)14(21)16-2/h7-8,12H,3-6,9-10H2,1-2H3,(H,16,21)/t12-/m1/s1. The molecular weight excluding hydrogens is 284 g/mol. The topological polar surface area (TPSA) is 84.3 Å². The molecule has 0 saturated carbocycles. The van der Waals surface area contributed by atoms with E-state index in [4.69, 9.17) is 0 Å². The van der Waals surface area contributed by atoms with Crippen LogP contribution in [-0.2, 0) is 11.3 Å². The van der Waals surface area contributed by atoms with Gasteiger partial charge in [-0.1, -0.05) is 6.92 Å². The normalized spacial score (nSPS) is 18.1. The summed E-state index contributed by atoms with van der Waals surface area (Å²) in [4.78, 5) is 37.9. The lowest BCUT2D eigenvalue weighted by molar-refractivity contribution is -0.126. The zero-order valence-electron chi connectivity index (χ0n) is 13.0. The molecule has 7 heteroatoms. The van der Waals surface area contributed by atoms with Gasteiger partial charge in [0.25, 0.3) is 11.5 Å². The maximum absolute atomic E-state index is 12.7. The molecule has 1 aliphatic heterocycles. The second-order valence-electron chi connectivity index (χ2n) is 5.40. The lowest BCUT2D eigenvalue weighted by Crippen LogP contribution is -2.51. The quantitative estimate of drug-likeness (QED) is 0.872. The molecule has 2 amide bonds. The van der Waals surface area contributed by atoms with Gasteiger partial charge in [0.1, 0.15) is 11.7 Å². The van der Waals surface area contributed by atoms with Crippen molar-refractivity contribution in [1.29, 1.82) is 0 Å². The van der Waals surface area contributed by atoms with Crippen LogP contribution in [0.15, 0.2) is 16.9 Å². The van der Waals surface area contributed by atoms with Crippen molar-refractivity contribution in [3.8, 4) is 0 Å². The van der Waals surface area contributed by atoms with E-state index in [0.717, 1.165) is 19.3 Å². The van der Waals surface area contributed by atoms with Crippen molar-refractivity contribution in [3.05, 3.63) is 28.2 Å². The summed E-state index contributed by atoms with van der Waals surface area (Å²) in [5, 5.41) is 6.74. The van der Waals surface area contributed by atoms with Gasteiger partial charge in [0.05, 0.1) is 0 Å². The zero-order valence-corrected chi connectivity index (χ0v) is 13.0.